The maximum atomic E-state index is 3.69. The molecule has 0 aliphatic carbocycles. The van der Waals surface area contributed by atoms with Crippen LogP contribution < -0.4 is 0 Å². The van der Waals surface area contributed by atoms with Crippen molar-refractivity contribution >= 4 is 39.0 Å². The molecule has 0 radical (unpaired) electrons. The van der Waals surface area contributed by atoms with Crippen LogP contribution in [0.4, 0.5) is 0 Å². The molecule has 0 nitrogen and oxygen atoms in total. The Morgan fingerprint density at radius 3 is 2.27 bits per heavy atom. The molecule has 0 saturated carbocycles. The molecule has 0 aliphatic heterocycles. The summed E-state index contributed by atoms with van der Waals surface area (Å²) in [5.74, 6) is 0. The van der Waals surface area contributed by atoms with Gasteiger partial charge < -0.3 is 0 Å². The van der Waals surface area contributed by atoms with Crippen molar-refractivity contribution in [3.8, 4) is 0 Å². The summed E-state index contributed by atoms with van der Waals surface area (Å²) in [6.07, 6.45) is 1.87. The van der Waals surface area contributed by atoms with Crippen LogP contribution in [0.5, 0.6) is 0 Å². The van der Waals surface area contributed by atoms with Gasteiger partial charge in [-0.1, -0.05) is 52.3 Å². The van der Waals surface area contributed by atoms with Crippen molar-refractivity contribution in [2.45, 2.75) is 4.83 Å². The lowest BCUT2D eigenvalue weighted by molar-refractivity contribution is 1.26. The minimum absolute atomic E-state index is 0. The van der Waals surface area contributed by atoms with Gasteiger partial charge in [0.15, 0.2) is 0 Å². The van der Waals surface area contributed by atoms with E-state index >= 15 is 0 Å². The SMILES string of the molecule is C=CC(Br)c1ccccc1.[MgH2]. The van der Waals surface area contributed by atoms with Crippen LogP contribution in [0.3, 0.4) is 0 Å². The fraction of sp³-hybridized carbons (Fsp3) is 0.111. The molecular weight excluding hydrogens is 212 g/mol. The van der Waals surface area contributed by atoms with Crippen molar-refractivity contribution in [3.05, 3.63) is 48.6 Å². The monoisotopic (exact) mass is 222 g/mol. The number of hydrogen-bond donors (Lipinski definition) is 0. The third-order valence-electron chi connectivity index (χ3n) is 1.32. The van der Waals surface area contributed by atoms with Gasteiger partial charge >= 0.3 is 23.1 Å². The Labute approximate surface area is 92.0 Å². The smallest absolute Gasteiger partial charge is 0.102 e. The molecule has 1 rings (SSSR count). The van der Waals surface area contributed by atoms with Gasteiger partial charge in [-0.05, 0) is 5.56 Å². The summed E-state index contributed by atoms with van der Waals surface area (Å²) >= 11 is 3.47. The Kier molecular flexibility index (Phi) is 5.91. The van der Waals surface area contributed by atoms with E-state index in [9.17, 15) is 0 Å². The maximum Gasteiger partial charge on any atom is 0.316 e. The Bertz CT molecular complexity index is 208. The van der Waals surface area contributed by atoms with Gasteiger partial charge in [-0.2, -0.15) is 0 Å². The van der Waals surface area contributed by atoms with E-state index in [0.717, 1.165) is 0 Å². The van der Waals surface area contributed by atoms with Gasteiger partial charge in [-0.15, -0.1) is 6.58 Å². The molecular formula is C9H11BrMg. The molecule has 56 valence electrons. The van der Waals surface area contributed by atoms with Crippen LogP contribution >= 0.6 is 15.9 Å². The average Bonchev–Trinajstić information content (AvgIpc) is 2.05. The molecule has 1 aromatic rings. The van der Waals surface area contributed by atoms with E-state index < -0.39 is 0 Å². The molecule has 0 bridgehead atoms. The fourth-order valence-electron chi connectivity index (χ4n) is 0.773. The zero-order valence-electron chi connectivity index (χ0n) is 5.63. The standard InChI is InChI=1S/C9H9Br.Mg.2H/c1-2-9(10)8-6-4-3-5-7-8;;;/h2-7,9H,1H2;;;. The molecule has 0 N–H and O–H groups in total. The van der Waals surface area contributed by atoms with Crippen molar-refractivity contribution in [1.29, 1.82) is 0 Å². The van der Waals surface area contributed by atoms with Crippen LogP contribution in [0.2, 0.25) is 0 Å². The highest BCUT2D eigenvalue weighted by molar-refractivity contribution is 9.09. The number of alkyl halides is 1. The predicted molar refractivity (Wildman–Crippen MR) is 56.9 cm³/mol. The molecule has 0 heterocycles. The third kappa shape index (κ3) is 3.41. The second kappa shape index (κ2) is 5.81. The fourth-order valence-corrected chi connectivity index (χ4v) is 1.08. The van der Waals surface area contributed by atoms with E-state index in [1.807, 2.05) is 24.3 Å². The summed E-state index contributed by atoms with van der Waals surface area (Å²) in [6.45, 7) is 3.69. The summed E-state index contributed by atoms with van der Waals surface area (Å²) in [5, 5.41) is 0. The molecule has 0 fully saturated rings. The first kappa shape index (κ1) is 11.2. The molecule has 0 spiro atoms. The summed E-state index contributed by atoms with van der Waals surface area (Å²) in [4.78, 5) is 0.286. The van der Waals surface area contributed by atoms with Gasteiger partial charge in [0.25, 0.3) is 0 Å². The Morgan fingerprint density at radius 2 is 1.82 bits per heavy atom. The first-order valence-electron chi connectivity index (χ1n) is 3.16. The van der Waals surface area contributed by atoms with Crippen molar-refractivity contribution in [1.82, 2.24) is 0 Å². The van der Waals surface area contributed by atoms with Gasteiger partial charge in [0.2, 0.25) is 0 Å². The lowest BCUT2D eigenvalue weighted by Gasteiger charge is -2.01. The zero-order chi connectivity index (χ0) is 7.40. The second-order valence-corrected chi connectivity index (χ2v) is 3.03. The highest BCUT2D eigenvalue weighted by Gasteiger charge is 1.98. The molecule has 1 unspecified atom stereocenters. The predicted octanol–water partition coefficient (Wildman–Crippen LogP) is 2.39. The van der Waals surface area contributed by atoms with Gasteiger partial charge in [0.1, 0.15) is 0 Å². The van der Waals surface area contributed by atoms with Crippen LogP contribution in [0.1, 0.15) is 10.4 Å². The number of benzene rings is 1. The van der Waals surface area contributed by atoms with E-state index in [2.05, 4.69) is 34.6 Å². The van der Waals surface area contributed by atoms with Crippen molar-refractivity contribution in [2.75, 3.05) is 0 Å². The quantitative estimate of drug-likeness (QED) is 0.410. The highest BCUT2D eigenvalue weighted by atomic mass is 79.9. The number of hydrogen-bond acceptors (Lipinski definition) is 0. The van der Waals surface area contributed by atoms with Crippen molar-refractivity contribution in [3.63, 3.8) is 0 Å². The molecule has 1 atom stereocenters. The van der Waals surface area contributed by atoms with Gasteiger partial charge in [0, 0.05) is 0 Å². The number of rotatable bonds is 2. The maximum absolute atomic E-state index is 3.69. The summed E-state index contributed by atoms with van der Waals surface area (Å²) in [7, 11) is 0. The minimum Gasteiger partial charge on any atom is -0.102 e. The highest BCUT2D eigenvalue weighted by Crippen LogP contribution is 2.22. The van der Waals surface area contributed by atoms with E-state index in [0.29, 0.717) is 0 Å². The van der Waals surface area contributed by atoms with E-state index in [1.165, 1.54) is 5.56 Å². The van der Waals surface area contributed by atoms with Crippen LogP contribution in [-0.4, -0.2) is 23.1 Å². The molecule has 0 saturated heterocycles. The Balaban J connectivity index is 0.000001000. The van der Waals surface area contributed by atoms with Crippen LogP contribution in [0.25, 0.3) is 0 Å². The van der Waals surface area contributed by atoms with Crippen LogP contribution in [0.15, 0.2) is 43.0 Å². The molecule has 0 aliphatic rings. The van der Waals surface area contributed by atoms with Gasteiger partial charge in [0.05, 0.1) is 4.83 Å². The first-order chi connectivity index (χ1) is 4.84. The van der Waals surface area contributed by atoms with E-state index in [1.54, 1.807) is 0 Å². The van der Waals surface area contributed by atoms with Crippen molar-refractivity contribution < 1.29 is 0 Å². The number of halogens is 1. The van der Waals surface area contributed by atoms with Gasteiger partial charge in [-0.25, -0.2) is 0 Å². The normalized spacial score (nSPS) is 11.4. The molecule has 0 aromatic heterocycles. The Morgan fingerprint density at radius 1 is 1.27 bits per heavy atom. The second-order valence-electron chi connectivity index (χ2n) is 2.05. The third-order valence-corrected chi connectivity index (χ3v) is 2.23. The topological polar surface area (TPSA) is 0 Å². The zero-order valence-corrected chi connectivity index (χ0v) is 7.21. The van der Waals surface area contributed by atoms with E-state index in [4.69, 9.17) is 0 Å². The summed E-state index contributed by atoms with van der Waals surface area (Å²) in [5.41, 5.74) is 1.25. The minimum atomic E-state index is 0. The van der Waals surface area contributed by atoms with Crippen LogP contribution in [-0.2, 0) is 0 Å². The Hall–Kier alpha value is 0.206. The lowest BCUT2D eigenvalue weighted by Crippen LogP contribution is -1.81. The molecule has 1 aromatic carbocycles. The average molecular weight is 223 g/mol. The summed E-state index contributed by atoms with van der Waals surface area (Å²) < 4.78 is 0. The van der Waals surface area contributed by atoms with Gasteiger partial charge in [-0.3, -0.25) is 0 Å². The van der Waals surface area contributed by atoms with Crippen molar-refractivity contribution in [2.24, 2.45) is 0 Å². The lowest BCUT2D eigenvalue weighted by atomic mass is 10.2. The molecule has 11 heavy (non-hydrogen) atoms. The largest absolute Gasteiger partial charge is 0.316 e. The van der Waals surface area contributed by atoms with E-state index in [-0.39, 0.29) is 27.9 Å². The molecule has 0 amide bonds. The van der Waals surface area contributed by atoms with Crippen LogP contribution in [0, 0.1) is 0 Å². The first-order valence-corrected chi connectivity index (χ1v) is 4.07. The molecule has 2 heteroatoms. The number of allylic oxidation sites excluding steroid dienone is 1. The summed E-state index contributed by atoms with van der Waals surface area (Å²) in [6, 6.07) is 10.2.